The minimum Gasteiger partial charge on any atom is -0.380 e. The largest absolute Gasteiger partial charge is 0.380 e. The highest BCUT2D eigenvalue weighted by atomic mass is 35.5. The van der Waals surface area contributed by atoms with E-state index in [0.29, 0.717) is 28.9 Å². The number of hydrogen-bond donors (Lipinski definition) is 2. The molecule has 172 valence electrons. The van der Waals surface area contributed by atoms with Crippen molar-refractivity contribution in [2.45, 2.75) is 76.5 Å². The van der Waals surface area contributed by atoms with Gasteiger partial charge in [-0.1, -0.05) is 23.2 Å². The van der Waals surface area contributed by atoms with E-state index in [1.165, 1.54) is 6.42 Å². The third-order valence-electron chi connectivity index (χ3n) is 7.36. The second kappa shape index (κ2) is 9.46. The van der Waals surface area contributed by atoms with Crippen molar-refractivity contribution in [2.24, 2.45) is 5.92 Å². The van der Waals surface area contributed by atoms with Crippen molar-refractivity contribution in [3.05, 3.63) is 27.7 Å². The summed E-state index contributed by atoms with van der Waals surface area (Å²) in [7, 11) is 0. The Labute approximate surface area is 196 Å². The van der Waals surface area contributed by atoms with Crippen LogP contribution < -0.4 is 10.2 Å². The predicted octanol–water partition coefficient (Wildman–Crippen LogP) is 4.40. The van der Waals surface area contributed by atoms with E-state index in [1.54, 1.807) is 0 Å². The van der Waals surface area contributed by atoms with E-state index in [4.69, 9.17) is 23.2 Å². The maximum atomic E-state index is 12.0. The normalized spacial score (nSPS) is 28.4. The monoisotopic (exact) mass is 467 g/mol. The van der Waals surface area contributed by atoms with Crippen LogP contribution in [0.3, 0.4) is 0 Å². The van der Waals surface area contributed by atoms with Gasteiger partial charge in [0.25, 0.3) is 5.91 Å². The smallest absolute Gasteiger partial charge is 0.252 e. The van der Waals surface area contributed by atoms with E-state index in [0.717, 1.165) is 69.0 Å². The molecule has 0 spiro atoms. The first-order chi connectivity index (χ1) is 14.7. The van der Waals surface area contributed by atoms with Crippen molar-refractivity contribution >= 4 is 34.8 Å². The highest BCUT2D eigenvalue weighted by molar-refractivity contribution is 6.43. The average molecular weight is 468 g/mol. The number of halogens is 2. The Bertz CT molecular complexity index is 806. The van der Waals surface area contributed by atoms with Gasteiger partial charge in [-0.15, -0.1) is 0 Å². The van der Waals surface area contributed by atoms with Crippen LogP contribution in [0.1, 0.15) is 57.4 Å². The maximum absolute atomic E-state index is 12.0. The van der Waals surface area contributed by atoms with Crippen molar-refractivity contribution in [1.82, 2.24) is 10.2 Å². The van der Waals surface area contributed by atoms with Crippen LogP contribution >= 0.6 is 23.2 Å². The molecule has 5 nitrogen and oxygen atoms in total. The second-order valence-electron chi connectivity index (χ2n) is 9.93. The first-order valence-electron chi connectivity index (χ1n) is 11.7. The summed E-state index contributed by atoms with van der Waals surface area (Å²) in [6.45, 7) is 8.48. The van der Waals surface area contributed by atoms with E-state index in [2.05, 4.69) is 35.0 Å². The molecule has 0 aromatic heterocycles. The van der Waals surface area contributed by atoms with Gasteiger partial charge in [0.1, 0.15) is 5.60 Å². The van der Waals surface area contributed by atoms with Gasteiger partial charge >= 0.3 is 0 Å². The molecule has 3 aliphatic rings. The summed E-state index contributed by atoms with van der Waals surface area (Å²) in [6.07, 6.45) is 6.83. The van der Waals surface area contributed by atoms with Crippen LogP contribution in [0, 0.1) is 12.8 Å². The summed E-state index contributed by atoms with van der Waals surface area (Å²) >= 11 is 12.8. The van der Waals surface area contributed by atoms with Gasteiger partial charge in [-0.25, -0.2) is 0 Å². The van der Waals surface area contributed by atoms with Gasteiger partial charge in [-0.2, -0.15) is 0 Å². The van der Waals surface area contributed by atoms with Crippen molar-refractivity contribution in [3.8, 4) is 0 Å². The Balaban J connectivity index is 1.20. The zero-order valence-electron chi connectivity index (χ0n) is 18.7. The number of rotatable bonds is 6. The van der Waals surface area contributed by atoms with E-state index >= 15 is 0 Å². The van der Waals surface area contributed by atoms with Gasteiger partial charge in [0.05, 0.1) is 15.7 Å². The number of carbonyl (C=O) groups excluding carboxylic acids is 1. The lowest BCUT2D eigenvalue weighted by Gasteiger charge is -2.42. The lowest BCUT2D eigenvalue weighted by atomic mass is 9.84. The summed E-state index contributed by atoms with van der Waals surface area (Å²) in [6, 6.07) is 4.69. The number of aliphatic hydroxyl groups is 1. The van der Waals surface area contributed by atoms with Gasteiger partial charge in [0, 0.05) is 31.7 Å². The van der Waals surface area contributed by atoms with Crippen molar-refractivity contribution in [3.63, 3.8) is 0 Å². The number of carbonyl (C=O) groups is 1. The first-order valence-corrected chi connectivity index (χ1v) is 12.5. The second-order valence-corrected chi connectivity index (χ2v) is 10.7. The molecule has 3 fully saturated rings. The molecule has 1 aromatic rings. The van der Waals surface area contributed by atoms with Crippen LogP contribution in [0.25, 0.3) is 0 Å². The third-order valence-corrected chi connectivity index (χ3v) is 8.15. The molecular formula is C24H35Cl2N3O2. The van der Waals surface area contributed by atoms with Crippen LogP contribution in [0.5, 0.6) is 0 Å². The fraction of sp³-hybridized carbons (Fsp3) is 0.708. The zero-order valence-corrected chi connectivity index (χ0v) is 20.2. The molecule has 1 aromatic carbocycles. The topological polar surface area (TPSA) is 55.8 Å². The predicted molar refractivity (Wildman–Crippen MR) is 127 cm³/mol. The maximum Gasteiger partial charge on any atom is 0.252 e. The summed E-state index contributed by atoms with van der Waals surface area (Å²) in [4.78, 5) is 17.0. The Morgan fingerprint density at radius 2 is 1.90 bits per heavy atom. The molecule has 31 heavy (non-hydrogen) atoms. The number of anilines is 1. The molecule has 1 heterocycles. The van der Waals surface area contributed by atoms with Gasteiger partial charge in [0.2, 0.25) is 0 Å². The molecule has 0 bridgehead atoms. The van der Waals surface area contributed by atoms with E-state index in [-0.39, 0.29) is 11.9 Å². The van der Waals surface area contributed by atoms with Crippen molar-refractivity contribution in [2.75, 3.05) is 31.1 Å². The number of nitrogens with zero attached hydrogens (tertiary/aromatic N) is 2. The number of amides is 1. The van der Waals surface area contributed by atoms with Gasteiger partial charge in [-0.3, -0.25) is 9.69 Å². The molecule has 2 aliphatic carbocycles. The summed E-state index contributed by atoms with van der Waals surface area (Å²) in [5.74, 6) is 0.577. The molecule has 1 aliphatic heterocycles. The summed E-state index contributed by atoms with van der Waals surface area (Å²) in [5.41, 5.74) is 1.14. The first kappa shape index (κ1) is 23.2. The Hall–Kier alpha value is -1.01. The minimum absolute atomic E-state index is 0.155. The van der Waals surface area contributed by atoms with Crippen LogP contribution in [0.4, 0.5) is 5.69 Å². The van der Waals surface area contributed by atoms with Crippen LogP contribution in [-0.2, 0) is 4.79 Å². The van der Waals surface area contributed by atoms with Crippen LogP contribution in [0.2, 0.25) is 10.0 Å². The van der Waals surface area contributed by atoms with Crippen molar-refractivity contribution in [1.29, 1.82) is 0 Å². The van der Waals surface area contributed by atoms with E-state index in [9.17, 15) is 9.90 Å². The van der Waals surface area contributed by atoms with Crippen molar-refractivity contribution < 1.29 is 9.90 Å². The lowest BCUT2D eigenvalue weighted by Crippen LogP contribution is -2.52. The average Bonchev–Trinajstić information content (AvgIpc) is 3.49. The number of nitrogens with one attached hydrogen (secondary N) is 1. The molecule has 1 atom stereocenters. The Kier molecular flexibility index (Phi) is 7.07. The SMILES string of the molecule is Cc1cc(Cl)c(Cl)c(N2CCN(CCC3CCC(NC(=O)C4(O)CC4)CC3)CC2C)c1. The molecule has 2 N–H and O–H groups in total. The van der Waals surface area contributed by atoms with Gasteiger partial charge in [0.15, 0.2) is 0 Å². The molecule has 1 amide bonds. The highest BCUT2D eigenvalue weighted by Gasteiger charge is 2.48. The number of piperazine rings is 1. The van der Waals surface area contributed by atoms with E-state index < -0.39 is 5.60 Å². The van der Waals surface area contributed by atoms with Crippen LogP contribution in [0.15, 0.2) is 12.1 Å². The molecule has 4 rings (SSSR count). The summed E-state index contributed by atoms with van der Waals surface area (Å²) < 4.78 is 0. The summed E-state index contributed by atoms with van der Waals surface area (Å²) in [5, 5.41) is 14.3. The van der Waals surface area contributed by atoms with Gasteiger partial charge in [-0.05, 0) is 89.0 Å². The molecule has 0 radical (unpaired) electrons. The molecule has 2 saturated carbocycles. The van der Waals surface area contributed by atoms with Gasteiger partial charge < -0.3 is 15.3 Å². The fourth-order valence-corrected chi connectivity index (χ4v) is 5.62. The zero-order chi connectivity index (χ0) is 22.2. The standard InChI is InChI=1S/C24H35Cl2N3O2/c1-16-13-20(25)22(26)21(14-16)29-12-11-28(15-17(29)2)10-7-18-3-5-19(6-4-18)27-23(30)24(31)8-9-24/h13-14,17-19,31H,3-12,15H2,1-2H3,(H,27,30). The quantitative estimate of drug-likeness (QED) is 0.650. The lowest BCUT2D eigenvalue weighted by molar-refractivity contribution is -0.132. The minimum atomic E-state index is -1.05. The van der Waals surface area contributed by atoms with E-state index in [1.807, 2.05) is 6.07 Å². The highest BCUT2D eigenvalue weighted by Crippen LogP contribution is 2.37. The molecule has 1 unspecified atom stereocenters. The number of benzene rings is 1. The Morgan fingerprint density at radius 1 is 1.19 bits per heavy atom. The third kappa shape index (κ3) is 5.50. The molecule has 7 heteroatoms. The molecule has 1 saturated heterocycles. The Morgan fingerprint density at radius 3 is 2.55 bits per heavy atom. The molecular weight excluding hydrogens is 433 g/mol. The number of hydrogen-bond acceptors (Lipinski definition) is 4. The fourth-order valence-electron chi connectivity index (χ4n) is 5.14. The number of aryl methyl sites for hydroxylation is 1. The van der Waals surface area contributed by atoms with Crippen LogP contribution in [-0.4, -0.2) is 59.8 Å².